The van der Waals surface area contributed by atoms with E-state index < -0.39 is 0 Å². The molecular formula is C30H22ClN3. The van der Waals surface area contributed by atoms with E-state index in [1.165, 1.54) is 16.7 Å². The lowest BCUT2D eigenvalue weighted by atomic mass is 9.80. The summed E-state index contributed by atoms with van der Waals surface area (Å²) in [5, 5.41) is 0.671. The lowest BCUT2D eigenvalue weighted by Gasteiger charge is -2.24. The van der Waals surface area contributed by atoms with Gasteiger partial charge in [0.2, 0.25) is 0 Å². The molecule has 1 aliphatic rings. The minimum atomic E-state index is -0.210. The lowest BCUT2D eigenvalue weighted by Crippen LogP contribution is -2.17. The first kappa shape index (κ1) is 20.8. The van der Waals surface area contributed by atoms with E-state index in [9.17, 15) is 0 Å². The first-order valence-corrected chi connectivity index (χ1v) is 11.7. The molecule has 0 saturated carbocycles. The predicted molar refractivity (Wildman–Crippen MR) is 139 cm³/mol. The van der Waals surface area contributed by atoms with Gasteiger partial charge in [0.05, 0.1) is 0 Å². The van der Waals surface area contributed by atoms with Crippen LogP contribution in [0.15, 0.2) is 97.1 Å². The molecule has 0 aliphatic heterocycles. The fraction of sp³-hybridized carbons (Fsp3) is 0.100. The highest BCUT2D eigenvalue weighted by Gasteiger charge is 2.38. The molecule has 1 aliphatic carbocycles. The molecule has 3 nitrogen and oxygen atoms in total. The maximum atomic E-state index is 6.68. The number of benzene rings is 4. The first-order chi connectivity index (χ1) is 16.5. The minimum Gasteiger partial charge on any atom is -0.208 e. The second-order valence-corrected chi connectivity index (χ2v) is 9.52. The number of fused-ring (bicyclic) bond motifs is 3. The van der Waals surface area contributed by atoms with Crippen LogP contribution in [-0.4, -0.2) is 15.0 Å². The molecular weight excluding hydrogens is 438 g/mol. The van der Waals surface area contributed by atoms with Crippen LogP contribution in [0.25, 0.3) is 45.3 Å². The van der Waals surface area contributed by atoms with E-state index in [1.807, 2.05) is 66.7 Å². The van der Waals surface area contributed by atoms with Gasteiger partial charge in [-0.1, -0.05) is 110 Å². The van der Waals surface area contributed by atoms with Crippen LogP contribution in [-0.2, 0) is 5.41 Å². The Hall–Kier alpha value is -3.82. The van der Waals surface area contributed by atoms with Gasteiger partial charge < -0.3 is 0 Å². The zero-order valence-electron chi connectivity index (χ0n) is 19.0. The van der Waals surface area contributed by atoms with Gasteiger partial charge in [0, 0.05) is 27.1 Å². The third kappa shape index (κ3) is 3.32. The molecule has 0 amide bonds. The van der Waals surface area contributed by atoms with Crippen molar-refractivity contribution in [2.75, 3.05) is 0 Å². The number of hydrogen-bond acceptors (Lipinski definition) is 3. The van der Waals surface area contributed by atoms with Gasteiger partial charge in [0.25, 0.3) is 0 Å². The molecule has 0 saturated heterocycles. The largest absolute Gasteiger partial charge is 0.208 e. The molecule has 34 heavy (non-hydrogen) atoms. The quantitative estimate of drug-likeness (QED) is 0.276. The van der Waals surface area contributed by atoms with E-state index in [-0.39, 0.29) is 5.41 Å². The number of nitrogens with zero attached hydrogens (tertiary/aromatic N) is 3. The predicted octanol–water partition coefficient (Wildman–Crippen LogP) is 7.83. The van der Waals surface area contributed by atoms with E-state index in [0.717, 1.165) is 22.3 Å². The molecule has 0 spiro atoms. The number of hydrogen-bond donors (Lipinski definition) is 0. The van der Waals surface area contributed by atoms with Crippen LogP contribution in [0.1, 0.15) is 25.0 Å². The second-order valence-electron chi connectivity index (χ2n) is 9.08. The molecule has 1 aromatic heterocycles. The topological polar surface area (TPSA) is 38.7 Å². The molecule has 6 rings (SSSR count). The van der Waals surface area contributed by atoms with Crippen LogP contribution >= 0.6 is 11.6 Å². The summed E-state index contributed by atoms with van der Waals surface area (Å²) in [6, 6.07) is 32.7. The molecule has 4 aromatic carbocycles. The van der Waals surface area contributed by atoms with Crippen molar-refractivity contribution in [3.63, 3.8) is 0 Å². The van der Waals surface area contributed by atoms with Crippen molar-refractivity contribution in [3.05, 3.63) is 113 Å². The maximum absolute atomic E-state index is 6.68. The molecule has 0 radical (unpaired) electrons. The fourth-order valence-electron chi connectivity index (χ4n) is 5.00. The summed E-state index contributed by atoms with van der Waals surface area (Å²) in [7, 11) is 0. The van der Waals surface area contributed by atoms with Gasteiger partial charge >= 0.3 is 0 Å². The van der Waals surface area contributed by atoms with Crippen LogP contribution in [0.5, 0.6) is 0 Å². The Bertz CT molecular complexity index is 1470. The Morgan fingerprint density at radius 1 is 0.559 bits per heavy atom. The highest BCUT2D eigenvalue weighted by atomic mass is 35.5. The number of rotatable bonds is 3. The molecule has 0 unspecified atom stereocenters. The van der Waals surface area contributed by atoms with Crippen molar-refractivity contribution >= 4 is 11.6 Å². The summed E-state index contributed by atoms with van der Waals surface area (Å²) in [5.41, 5.74) is 7.47. The summed E-state index contributed by atoms with van der Waals surface area (Å²) in [4.78, 5) is 14.8. The van der Waals surface area contributed by atoms with Crippen LogP contribution in [0.3, 0.4) is 0 Å². The maximum Gasteiger partial charge on any atom is 0.164 e. The Morgan fingerprint density at radius 2 is 1.06 bits per heavy atom. The Morgan fingerprint density at radius 3 is 1.68 bits per heavy atom. The van der Waals surface area contributed by atoms with Crippen molar-refractivity contribution < 1.29 is 0 Å². The van der Waals surface area contributed by atoms with Gasteiger partial charge in [-0.25, -0.2) is 15.0 Å². The summed E-state index contributed by atoms with van der Waals surface area (Å²) >= 11 is 6.68. The van der Waals surface area contributed by atoms with Crippen LogP contribution in [0.4, 0.5) is 0 Å². The fourth-order valence-corrected chi connectivity index (χ4v) is 5.21. The van der Waals surface area contributed by atoms with E-state index in [2.05, 4.69) is 44.2 Å². The molecule has 1 heterocycles. The van der Waals surface area contributed by atoms with Crippen molar-refractivity contribution in [1.29, 1.82) is 0 Å². The van der Waals surface area contributed by atoms with Crippen LogP contribution in [0, 0.1) is 0 Å². The summed E-state index contributed by atoms with van der Waals surface area (Å²) < 4.78 is 0. The van der Waals surface area contributed by atoms with Gasteiger partial charge in [0.15, 0.2) is 17.5 Å². The van der Waals surface area contributed by atoms with Crippen molar-refractivity contribution in [3.8, 4) is 45.3 Å². The van der Waals surface area contributed by atoms with Crippen molar-refractivity contribution in [1.82, 2.24) is 15.0 Å². The monoisotopic (exact) mass is 459 g/mol. The summed E-state index contributed by atoms with van der Waals surface area (Å²) in [5.74, 6) is 1.92. The lowest BCUT2D eigenvalue weighted by molar-refractivity contribution is 0.661. The molecule has 0 fully saturated rings. The van der Waals surface area contributed by atoms with Crippen molar-refractivity contribution in [2.45, 2.75) is 19.3 Å². The normalized spacial score (nSPS) is 13.4. The molecule has 0 atom stereocenters. The number of aromatic nitrogens is 3. The summed E-state index contributed by atoms with van der Waals surface area (Å²) in [6.07, 6.45) is 0. The Labute approximate surface area is 204 Å². The van der Waals surface area contributed by atoms with E-state index in [0.29, 0.717) is 22.5 Å². The van der Waals surface area contributed by atoms with Gasteiger partial charge in [0.1, 0.15) is 0 Å². The van der Waals surface area contributed by atoms with Crippen molar-refractivity contribution in [2.24, 2.45) is 0 Å². The van der Waals surface area contributed by atoms with Gasteiger partial charge in [-0.3, -0.25) is 0 Å². The standard InChI is InChI=1S/C30H22ClN3/c1-30(2)25-16-10-9-15-22(25)23-17-21(31)18-24(26(23)30)29-33-27(19-11-5-3-6-12-19)32-28(34-29)20-13-7-4-8-14-20/h3-18H,1-2H3. The minimum absolute atomic E-state index is 0.210. The molecule has 164 valence electrons. The zero-order chi connectivity index (χ0) is 23.3. The third-order valence-corrected chi connectivity index (χ3v) is 6.78. The Balaban J connectivity index is 1.65. The molecule has 4 heteroatoms. The van der Waals surface area contributed by atoms with Gasteiger partial charge in [-0.2, -0.15) is 0 Å². The third-order valence-electron chi connectivity index (χ3n) is 6.56. The molecule has 0 bridgehead atoms. The highest BCUT2D eigenvalue weighted by Crippen LogP contribution is 2.52. The van der Waals surface area contributed by atoms with E-state index in [4.69, 9.17) is 26.6 Å². The molecule has 5 aromatic rings. The number of halogens is 1. The molecule has 0 N–H and O–H groups in total. The highest BCUT2D eigenvalue weighted by molar-refractivity contribution is 6.31. The van der Waals surface area contributed by atoms with Crippen LogP contribution in [0.2, 0.25) is 5.02 Å². The summed E-state index contributed by atoms with van der Waals surface area (Å²) in [6.45, 7) is 4.51. The van der Waals surface area contributed by atoms with E-state index in [1.54, 1.807) is 0 Å². The average Bonchev–Trinajstić information content (AvgIpc) is 3.11. The smallest absolute Gasteiger partial charge is 0.164 e. The van der Waals surface area contributed by atoms with Gasteiger partial charge in [-0.15, -0.1) is 0 Å². The van der Waals surface area contributed by atoms with E-state index >= 15 is 0 Å². The van der Waals surface area contributed by atoms with Gasteiger partial charge in [-0.05, 0) is 34.4 Å². The van der Waals surface area contributed by atoms with Crippen LogP contribution < -0.4 is 0 Å². The first-order valence-electron chi connectivity index (χ1n) is 11.3. The zero-order valence-corrected chi connectivity index (χ0v) is 19.7. The second kappa shape index (κ2) is 7.89. The SMILES string of the molecule is CC1(C)c2ccccc2-c2cc(Cl)cc(-c3nc(-c4ccccc4)nc(-c4ccccc4)n3)c21. The Kier molecular flexibility index (Phi) is 4.82. The average molecular weight is 460 g/mol.